The predicted molar refractivity (Wildman–Crippen MR) is 134 cm³/mol. The fraction of sp³-hybridized carbons (Fsp3) is 0.607. The van der Waals surface area contributed by atoms with E-state index >= 15 is 0 Å². The lowest BCUT2D eigenvalue weighted by atomic mass is 10.0. The molecule has 2 N–H and O–H groups in total. The summed E-state index contributed by atoms with van der Waals surface area (Å²) in [7, 11) is 0. The fourth-order valence-corrected chi connectivity index (χ4v) is 6.88. The second kappa shape index (κ2) is 9.76. The van der Waals surface area contributed by atoms with Crippen molar-refractivity contribution in [3.8, 4) is 0 Å². The molecule has 2 amide bonds. The number of aryl methyl sites for hydroxylation is 1. The summed E-state index contributed by atoms with van der Waals surface area (Å²) in [6.45, 7) is 4.71. The van der Waals surface area contributed by atoms with Crippen molar-refractivity contribution in [1.82, 2.24) is 25.3 Å². The Morgan fingerprint density at radius 1 is 1.00 bits per heavy atom. The molecule has 2 saturated heterocycles. The highest BCUT2D eigenvalue weighted by molar-refractivity contribution is 5.94. The Morgan fingerprint density at radius 3 is 2.49 bits per heavy atom. The van der Waals surface area contributed by atoms with Gasteiger partial charge in [-0.25, -0.2) is 0 Å². The summed E-state index contributed by atoms with van der Waals surface area (Å²) < 4.78 is 0. The third-order valence-corrected chi connectivity index (χ3v) is 8.84. The van der Waals surface area contributed by atoms with Crippen LogP contribution in [0.15, 0.2) is 30.3 Å². The number of nitrogens with one attached hydrogen (secondary N) is 2. The van der Waals surface area contributed by atoms with Crippen LogP contribution in [0.3, 0.4) is 0 Å². The van der Waals surface area contributed by atoms with E-state index in [2.05, 4.69) is 44.7 Å². The Kier molecular flexibility index (Phi) is 6.35. The van der Waals surface area contributed by atoms with Gasteiger partial charge in [-0.1, -0.05) is 43.2 Å². The number of aromatic nitrogens is 2. The van der Waals surface area contributed by atoms with Crippen LogP contribution in [-0.2, 0) is 17.6 Å². The normalized spacial score (nSPS) is 25.1. The van der Waals surface area contributed by atoms with Gasteiger partial charge in [-0.15, -0.1) is 0 Å². The SMILES string of the molecule is O=C(NC(CCN1CC2CN(C(=O)c3n[nH]c4c3CCC4)C[C@@H]2C1)c1ccccc1)C1CCCC1. The zero-order valence-corrected chi connectivity index (χ0v) is 20.5. The molecule has 7 heteroatoms. The van der Waals surface area contributed by atoms with Crippen LogP contribution in [0.4, 0.5) is 0 Å². The molecule has 6 rings (SSSR count). The van der Waals surface area contributed by atoms with Gasteiger partial charge in [0.05, 0.1) is 6.04 Å². The van der Waals surface area contributed by atoms with Crippen molar-refractivity contribution in [2.24, 2.45) is 17.8 Å². The van der Waals surface area contributed by atoms with Crippen LogP contribution in [0.1, 0.15) is 71.9 Å². The van der Waals surface area contributed by atoms with Crippen LogP contribution >= 0.6 is 0 Å². The molecule has 3 heterocycles. The number of hydrogen-bond donors (Lipinski definition) is 2. The fourth-order valence-electron chi connectivity index (χ4n) is 6.88. The van der Waals surface area contributed by atoms with Gasteiger partial charge < -0.3 is 15.1 Å². The first kappa shape index (κ1) is 22.8. The van der Waals surface area contributed by atoms with Crippen molar-refractivity contribution in [3.05, 3.63) is 52.8 Å². The number of benzene rings is 1. The minimum absolute atomic E-state index is 0.0598. The summed E-state index contributed by atoms with van der Waals surface area (Å²) in [5.41, 5.74) is 4.17. The van der Waals surface area contributed by atoms with Crippen molar-refractivity contribution < 1.29 is 9.59 Å². The molecule has 7 nitrogen and oxygen atoms in total. The lowest BCUT2D eigenvalue weighted by molar-refractivity contribution is -0.125. The molecule has 2 aliphatic heterocycles. The molecule has 1 saturated carbocycles. The number of rotatable bonds is 7. The Balaban J connectivity index is 1.04. The molecule has 1 aromatic carbocycles. The molecule has 0 bridgehead atoms. The maximum atomic E-state index is 13.2. The minimum atomic E-state index is 0.0598. The van der Waals surface area contributed by atoms with E-state index in [1.54, 1.807) is 0 Å². The summed E-state index contributed by atoms with van der Waals surface area (Å²) in [4.78, 5) is 30.6. The van der Waals surface area contributed by atoms with Gasteiger partial charge in [-0.3, -0.25) is 14.7 Å². The number of amides is 2. The van der Waals surface area contributed by atoms with Crippen LogP contribution in [-0.4, -0.2) is 64.5 Å². The molecule has 1 aromatic heterocycles. The number of H-pyrrole nitrogens is 1. The van der Waals surface area contributed by atoms with Crippen molar-refractivity contribution in [2.45, 2.75) is 57.4 Å². The van der Waals surface area contributed by atoms with E-state index in [9.17, 15) is 9.59 Å². The summed E-state index contributed by atoms with van der Waals surface area (Å²) in [5, 5.41) is 10.8. The largest absolute Gasteiger partial charge is 0.349 e. The molecule has 0 radical (unpaired) electrons. The maximum absolute atomic E-state index is 13.2. The monoisotopic (exact) mass is 475 g/mol. The number of aromatic amines is 1. The Hall–Kier alpha value is -2.67. The number of nitrogens with zero attached hydrogens (tertiary/aromatic N) is 3. The quantitative estimate of drug-likeness (QED) is 0.644. The zero-order valence-electron chi connectivity index (χ0n) is 20.5. The highest BCUT2D eigenvalue weighted by atomic mass is 16.2. The van der Waals surface area contributed by atoms with Crippen LogP contribution in [0.2, 0.25) is 0 Å². The first-order valence-corrected chi connectivity index (χ1v) is 13.6. The highest BCUT2D eigenvalue weighted by Gasteiger charge is 2.42. The average Bonchev–Trinajstić information content (AvgIpc) is 3.68. The lowest BCUT2D eigenvalue weighted by Crippen LogP contribution is -2.36. The molecule has 3 fully saturated rings. The number of likely N-dealkylation sites (tertiary alicyclic amines) is 2. The molecule has 3 atom stereocenters. The standard InChI is InChI=1S/C28H37N5O2/c34-27(20-9-4-5-10-20)29-24(19-7-2-1-3-8-19)13-14-32-15-21-17-33(18-22(21)16-32)28(35)26-23-11-6-12-25(23)30-31-26/h1-3,7-8,20-22,24H,4-6,9-18H2,(H,29,34)(H,30,31)/t21-,22?,24?/m0/s1. The Labute approximate surface area is 207 Å². The molecule has 0 spiro atoms. The molecule has 2 aromatic rings. The summed E-state index contributed by atoms with van der Waals surface area (Å²) in [5.74, 6) is 1.60. The number of fused-ring (bicyclic) bond motifs is 2. The van der Waals surface area contributed by atoms with Gasteiger partial charge in [0.25, 0.3) is 5.91 Å². The zero-order chi connectivity index (χ0) is 23.8. The van der Waals surface area contributed by atoms with Gasteiger partial charge >= 0.3 is 0 Å². The predicted octanol–water partition coefficient (Wildman–Crippen LogP) is 3.34. The minimum Gasteiger partial charge on any atom is -0.349 e. The second-order valence-electron chi connectivity index (χ2n) is 11.1. The molecular weight excluding hydrogens is 438 g/mol. The van der Waals surface area contributed by atoms with Crippen LogP contribution in [0.25, 0.3) is 0 Å². The average molecular weight is 476 g/mol. The van der Waals surface area contributed by atoms with E-state index < -0.39 is 0 Å². The molecular formula is C28H37N5O2. The number of hydrogen-bond acceptors (Lipinski definition) is 4. The third kappa shape index (κ3) is 4.63. The van der Waals surface area contributed by atoms with E-state index in [0.29, 0.717) is 17.5 Å². The van der Waals surface area contributed by atoms with Gasteiger partial charge in [0.15, 0.2) is 5.69 Å². The van der Waals surface area contributed by atoms with Crippen LogP contribution in [0, 0.1) is 17.8 Å². The Bertz CT molecular complexity index is 1050. The van der Waals surface area contributed by atoms with Gasteiger partial charge in [-0.2, -0.15) is 5.10 Å². The molecule has 2 unspecified atom stereocenters. The van der Waals surface area contributed by atoms with Crippen LogP contribution in [0.5, 0.6) is 0 Å². The highest BCUT2D eigenvalue weighted by Crippen LogP contribution is 2.34. The van der Waals surface area contributed by atoms with Crippen molar-refractivity contribution in [2.75, 3.05) is 32.7 Å². The second-order valence-corrected chi connectivity index (χ2v) is 11.1. The van der Waals surface area contributed by atoms with Crippen molar-refractivity contribution in [1.29, 1.82) is 0 Å². The molecule has 4 aliphatic rings. The topological polar surface area (TPSA) is 81.3 Å². The van der Waals surface area contributed by atoms with Gasteiger partial charge in [-0.05, 0) is 55.9 Å². The third-order valence-electron chi connectivity index (χ3n) is 8.84. The molecule has 2 aliphatic carbocycles. The van der Waals surface area contributed by atoms with E-state index in [4.69, 9.17) is 0 Å². The lowest BCUT2D eigenvalue weighted by Gasteiger charge is -2.25. The van der Waals surface area contributed by atoms with Gasteiger partial charge in [0.2, 0.25) is 5.91 Å². The van der Waals surface area contributed by atoms with Crippen molar-refractivity contribution in [3.63, 3.8) is 0 Å². The van der Waals surface area contributed by atoms with E-state index in [1.807, 2.05) is 11.0 Å². The number of carbonyl (C=O) groups excluding carboxylic acids is 2. The smallest absolute Gasteiger partial charge is 0.274 e. The first-order valence-electron chi connectivity index (χ1n) is 13.6. The van der Waals surface area contributed by atoms with Gasteiger partial charge in [0, 0.05) is 49.9 Å². The number of carbonyl (C=O) groups is 2. The summed E-state index contributed by atoms with van der Waals surface area (Å²) in [6.07, 6.45) is 8.43. The van der Waals surface area contributed by atoms with Crippen LogP contribution < -0.4 is 5.32 Å². The van der Waals surface area contributed by atoms with E-state index in [0.717, 1.165) is 82.5 Å². The Morgan fingerprint density at radius 2 is 1.74 bits per heavy atom. The molecule has 186 valence electrons. The maximum Gasteiger partial charge on any atom is 0.274 e. The molecule has 35 heavy (non-hydrogen) atoms. The van der Waals surface area contributed by atoms with Crippen molar-refractivity contribution >= 4 is 11.8 Å². The first-order chi connectivity index (χ1) is 17.2. The van der Waals surface area contributed by atoms with E-state index in [-0.39, 0.29) is 23.8 Å². The summed E-state index contributed by atoms with van der Waals surface area (Å²) >= 11 is 0. The summed E-state index contributed by atoms with van der Waals surface area (Å²) in [6, 6.07) is 10.5. The van der Waals surface area contributed by atoms with Gasteiger partial charge in [0.1, 0.15) is 0 Å². The van der Waals surface area contributed by atoms with E-state index in [1.165, 1.54) is 18.4 Å².